The minimum absolute atomic E-state index is 0.318. The number of methoxy groups -OCH3 is 1. The fraction of sp³-hybridized carbons (Fsp3) is 0.278. The molecule has 0 bridgehead atoms. The molecule has 0 heterocycles. The summed E-state index contributed by atoms with van der Waals surface area (Å²) in [5, 5.41) is 6.43. The zero-order valence-electron chi connectivity index (χ0n) is 14.6. The van der Waals surface area contributed by atoms with Gasteiger partial charge in [-0.2, -0.15) is 0 Å². The Balaban J connectivity index is 1.87. The van der Waals surface area contributed by atoms with Crippen LogP contribution in [0.2, 0.25) is 0 Å². The molecule has 0 saturated carbocycles. The van der Waals surface area contributed by atoms with Gasteiger partial charge in [0.15, 0.2) is 15.8 Å². The van der Waals surface area contributed by atoms with Crippen LogP contribution >= 0.6 is 0 Å². The van der Waals surface area contributed by atoms with E-state index in [4.69, 9.17) is 4.74 Å². The molecule has 134 valence electrons. The highest BCUT2D eigenvalue weighted by atomic mass is 32.2. The Morgan fingerprint density at radius 2 is 1.44 bits per heavy atom. The molecule has 2 aromatic carbocycles. The standard InChI is InChI=1S/C18H23N3O3S/c1-19-18(20-12-14-4-8-16(24-2)9-5-14)21-13-15-6-10-17(11-7-15)25(3,22)23/h4-11H,12-13H2,1-3H3,(H2,19,20,21). The van der Waals surface area contributed by atoms with Crippen LogP contribution in [0.25, 0.3) is 0 Å². The van der Waals surface area contributed by atoms with Gasteiger partial charge >= 0.3 is 0 Å². The highest BCUT2D eigenvalue weighted by molar-refractivity contribution is 7.90. The third kappa shape index (κ3) is 5.79. The van der Waals surface area contributed by atoms with Crippen molar-refractivity contribution < 1.29 is 13.2 Å². The molecule has 0 spiro atoms. The number of benzene rings is 2. The van der Waals surface area contributed by atoms with Gasteiger partial charge in [-0.05, 0) is 35.4 Å². The van der Waals surface area contributed by atoms with Gasteiger partial charge in [-0.1, -0.05) is 24.3 Å². The Morgan fingerprint density at radius 1 is 0.960 bits per heavy atom. The summed E-state index contributed by atoms with van der Waals surface area (Å²) in [7, 11) is 0.180. The van der Waals surface area contributed by atoms with E-state index in [-0.39, 0.29) is 0 Å². The molecule has 0 aliphatic carbocycles. The maximum atomic E-state index is 11.5. The average Bonchev–Trinajstić information content (AvgIpc) is 2.62. The molecule has 0 fully saturated rings. The van der Waals surface area contributed by atoms with Gasteiger partial charge in [0.25, 0.3) is 0 Å². The van der Waals surface area contributed by atoms with E-state index in [1.807, 2.05) is 24.3 Å². The smallest absolute Gasteiger partial charge is 0.191 e. The summed E-state index contributed by atoms with van der Waals surface area (Å²) in [4.78, 5) is 4.50. The largest absolute Gasteiger partial charge is 0.497 e. The van der Waals surface area contributed by atoms with Crippen LogP contribution in [0.15, 0.2) is 58.4 Å². The molecule has 2 rings (SSSR count). The average molecular weight is 361 g/mol. The van der Waals surface area contributed by atoms with Gasteiger partial charge in [0.2, 0.25) is 0 Å². The van der Waals surface area contributed by atoms with E-state index in [2.05, 4.69) is 15.6 Å². The van der Waals surface area contributed by atoms with Crippen LogP contribution in [0.4, 0.5) is 0 Å². The van der Waals surface area contributed by atoms with Crippen molar-refractivity contribution in [1.82, 2.24) is 10.6 Å². The van der Waals surface area contributed by atoms with Gasteiger partial charge in [0, 0.05) is 26.4 Å². The van der Waals surface area contributed by atoms with Crippen LogP contribution in [0.1, 0.15) is 11.1 Å². The molecule has 0 saturated heterocycles. The number of rotatable bonds is 6. The van der Waals surface area contributed by atoms with Crippen molar-refractivity contribution in [3.8, 4) is 5.75 Å². The molecule has 0 unspecified atom stereocenters. The van der Waals surface area contributed by atoms with Gasteiger partial charge in [-0.3, -0.25) is 4.99 Å². The van der Waals surface area contributed by atoms with Gasteiger partial charge in [0.1, 0.15) is 5.75 Å². The molecular weight excluding hydrogens is 338 g/mol. The first-order valence-corrected chi connectivity index (χ1v) is 9.68. The van der Waals surface area contributed by atoms with E-state index in [0.717, 1.165) is 16.9 Å². The number of guanidine groups is 1. The second-order valence-corrected chi connectivity index (χ2v) is 7.56. The van der Waals surface area contributed by atoms with E-state index >= 15 is 0 Å². The quantitative estimate of drug-likeness (QED) is 0.607. The molecule has 6 nitrogen and oxygen atoms in total. The predicted octanol–water partition coefficient (Wildman–Crippen LogP) is 1.96. The highest BCUT2D eigenvalue weighted by Crippen LogP contribution is 2.11. The molecule has 0 amide bonds. The molecular formula is C18H23N3O3S. The summed E-state index contributed by atoms with van der Waals surface area (Å²) in [6, 6.07) is 14.6. The van der Waals surface area contributed by atoms with Crippen molar-refractivity contribution in [2.24, 2.45) is 4.99 Å². The molecule has 25 heavy (non-hydrogen) atoms. The number of nitrogens with zero attached hydrogens (tertiary/aromatic N) is 1. The van der Waals surface area contributed by atoms with Crippen molar-refractivity contribution in [2.75, 3.05) is 20.4 Å². The van der Waals surface area contributed by atoms with Crippen molar-refractivity contribution in [1.29, 1.82) is 0 Å². The van der Waals surface area contributed by atoms with Crippen molar-refractivity contribution in [3.05, 3.63) is 59.7 Å². The second kappa shape index (κ2) is 8.53. The van der Waals surface area contributed by atoms with Crippen LogP contribution < -0.4 is 15.4 Å². The lowest BCUT2D eigenvalue weighted by atomic mass is 10.2. The lowest BCUT2D eigenvalue weighted by Crippen LogP contribution is -2.36. The Hall–Kier alpha value is -2.54. The molecule has 7 heteroatoms. The number of hydrogen-bond donors (Lipinski definition) is 2. The Kier molecular flexibility index (Phi) is 6.41. The molecule has 0 aliphatic heterocycles. The number of sulfone groups is 1. The van der Waals surface area contributed by atoms with E-state index in [9.17, 15) is 8.42 Å². The van der Waals surface area contributed by atoms with Crippen LogP contribution in [0.3, 0.4) is 0 Å². The fourth-order valence-corrected chi connectivity index (χ4v) is 2.82. The van der Waals surface area contributed by atoms with E-state index in [0.29, 0.717) is 23.9 Å². The molecule has 0 radical (unpaired) electrons. The third-order valence-corrected chi connectivity index (χ3v) is 4.78. The Bertz CT molecular complexity index is 814. The molecule has 0 aromatic heterocycles. The van der Waals surface area contributed by atoms with Crippen LogP contribution in [0.5, 0.6) is 5.75 Å². The Labute approximate surface area is 148 Å². The predicted molar refractivity (Wildman–Crippen MR) is 99.6 cm³/mol. The van der Waals surface area contributed by atoms with Crippen molar-refractivity contribution in [3.63, 3.8) is 0 Å². The summed E-state index contributed by atoms with van der Waals surface area (Å²) >= 11 is 0. The summed E-state index contributed by atoms with van der Waals surface area (Å²) in [6.07, 6.45) is 1.20. The van der Waals surface area contributed by atoms with Gasteiger partial charge in [-0.25, -0.2) is 8.42 Å². The summed E-state index contributed by atoms with van der Waals surface area (Å²) in [5.41, 5.74) is 2.08. The minimum atomic E-state index is -3.17. The summed E-state index contributed by atoms with van der Waals surface area (Å²) in [5.74, 6) is 1.49. The number of hydrogen-bond acceptors (Lipinski definition) is 4. The molecule has 0 atom stereocenters. The van der Waals surface area contributed by atoms with E-state index in [1.54, 1.807) is 38.4 Å². The molecule has 2 N–H and O–H groups in total. The first kappa shape index (κ1) is 18.8. The van der Waals surface area contributed by atoms with Crippen LogP contribution in [-0.2, 0) is 22.9 Å². The summed E-state index contributed by atoms with van der Waals surface area (Å²) < 4.78 is 28.1. The normalized spacial score (nSPS) is 11.9. The zero-order valence-corrected chi connectivity index (χ0v) is 15.4. The van der Waals surface area contributed by atoms with Gasteiger partial charge in [-0.15, -0.1) is 0 Å². The van der Waals surface area contributed by atoms with E-state index in [1.165, 1.54) is 6.26 Å². The monoisotopic (exact) mass is 361 g/mol. The first-order chi connectivity index (χ1) is 11.9. The van der Waals surface area contributed by atoms with Crippen molar-refractivity contribution in [2.45, 2.75) is 18.0 Å². The van der Waals surface area contributed by atoms with Gasteiger partial charge < -0.3 is 15.4 Å². The SMILES string of the molecule is CN=C(NCc1ccc(OC)cc1)NCc1ccc(S(C)(=O)=O)cc1. The fourth-order valence-electron chi connectivity index (χ4n) is 2.19. The van der Waals surface area contributed by atoms with Crippen LogP contribution in [0, 0.1) is 0 Å². The van der Waals surface area contributed by atoms with Crippen molar-refractivity contribution >= 4 is 15.8 Å². The number of aliphatic imine (C=N–C) groups is 1. The Morgan fingerprint density at radius 3 is 1.84 bits per heavy atom. The first-order valence-electron chi connectivity index (χ1n) is 7.79. The van der Waals surface area contributed by atoms with Gasteiger partial charge in [0.05, 0.1) is 12.0 Å². The lowest BCUT2D eigenvalue weighted by molar-refractivity contribution is 0.414. The highest BCUT2D eigenvalue weighted by Gasteiger charge is 2.06. The lowest BCUT2D eigenvalue weighted by Gasteiger charge is -2.12. The zero-order chi connectivity index (χ0) is 18.3. The number of ether oxygens (including phenoxy) is 1. The maximum Gasteiger partial charge on any atom is 0.191 e. The molecule has 0 aliphatic rings. The number of nitrogens with one attached hydrogen (secondary N) is 2. The topological polar surface area (TPSA) is 79.8 Å². The third-order valence-electron chi connectivity index (χ3n) is 3.65. The second-order valence-electron chi connectivity index (χ2n) is 5.54. The molecule has 2 aromatic rings. The minimum Gasteiger partial charge on any atom is -0.497 e. The van der Waals surface area contributed by atoms with E-state index < -0.39 is 9.84 Å². The summed E-state index contributed by atoms with van der Waals surface area (Å²) in [6.45, 7) is 1.18. The van der Waals surface area contributed by atoms with Crippen LogP contribution in [-0.4, -0.2) is 34.8 Å². The maximum absolute atomic E-state index is 11.5.